The fourth-order valence-electron chi connectivity index (χ4n) is 4.76. The van der Waals surface area contributed by atoms with Crippen molar-refractivity contribution in [2.45, 2.75) is 56.7 Å². The number of hydrogen-bond donors (Lipinski definition) is 4. The molecule has 9 heteroatoms. The first-order chi connectivity index (χ1) is 16.8. The molecule has 0 spiro atoms. The van der Waals surface area contributed by atoms with Gasteiger partial charge in [0, 0.05) is 30.8 Å². The standard InChI is InChI=1S/C26H29N3O6/c1-15-21(10-12-23(30)27-15)28-25(33)22(11-13-24(31)32)29-26(34)35-14-20-18-8-4-2-6-16(18)17-7-3-5-9-19(17)20/h2-9,15,20-22H,10-14H2,1H3,(H,27,30)(H,28,33)(H,29,34)(H,31,32). The van der Waals surface area contributed by atoms with Crippen LogP contribution in [0, 0.1) is 0 Å². The van der Waals surface area contributed by atoms with E-state index in [0.717, 1.165) is 22.3 Å². The molecule has 1 aliphatic carbocycles. The molecule has 3 unspecified atom stereocenters. The number of fused-ring (bicyclic) bond motifs is 3. The number of nitrogens with one attached hydrogen (secondary N) is 3. The van der Waals surface area contributed by atoms with Crippen molar-refractivity contribution in [3.63, 3.8) is 0 Å². The van der Waals surface area contributed by atoms with Gasteiger partial charge in [0.2, 0.25) is 11.8 Å². The van der Waals surface area contributed by atoms with Crippen molar-refractivity contribution in [3.8, 4) is 11.1 Å². The van der Waals surface area contributed by atoms with E-state index < -0.39 is 24.0 Å². The van der Waals surface area contributed by atoms with Crippen LogP contribution >= 0.6 is 0 Å². The Kier molecular flexibility index (Phi) is 7.33. The van der Waals surface area contributed by atoms with Crippen LogP contribution in [0.1, 0.15) is 49.7 Å². The monoisotopic (exact) mass is 479 g/mol. The van der Waals surface area contributed by atoms with E-state index in [9.17, 15) is 19.2 Å². The molecular weight excluding hydrogens is 450 g/mol. The van der Waals surface area contributed by atoms with E-state index in [1.165, 1.54) is 0 Å². The molecular formula is C26H29N3O6. The number of carbonyl (C=O) groups is 4. The van der Waals surface area contributed by atoms with Crippen LogP contribution in [0.5, 0.6) is 0 Å². The van der Waals surface area contributed by atoms with Crippen molar-refractivity contribution in [1.29, 1.82) is 0 Å². The predicted molar refractivity (Wildman–Crippen MR) is 128 cm³/mol. The zero-order chi connectivity index (χ0) is 24.9. The van der Waals surface area contributed by atoms with Gasteiger partial charge >= 0.3 is 12.1 Å². The predicted octanol–water partition coefficient (Wildman–Crippen LogP) is 2.54. The summed E-state index contributed by atoms with van der Waals surface area (Å²) in [6, 6.07) is 14.3. The lowest BCUT2D eigenvalue weighted by Crippen LogP contribution is -2.57. The average Bonchev–Trinajstić information content (AvgIpc) is 3.15. The Balaban J connectivity index is 1.39. The summed E-state index contributed by atoms with van der Waals surface area (Å²) in [7, 11) is 0. The zero-order valence-corrected chi connectivity index (χ0v) is 19.5. The summed E-state index contributed by atoms with van der Waals surface area (Å²) < 4.78 is 5.52. The first-order valence-electron chi connectivity index (χ1n) is 11.8. The molecule has 1 fully saturated rings. The SMILES string of the molecule is CC1NC(=O)CCC1NC(=O)C(CCC(=O)O)NC(=O)OCC1c2ccccc2-c2ccccc21. The van der Waals surface area contributed by atoms with E-state index in [4.69, 9.17) is 9.84 Å². The summed E-state index contributed by atoms with van der Waals surface area (Å²) in [4.78, 5) is 48.2. The Labute approximate surface area is 203 Å². The number of rotatable bonds is 8. The van der Waals surface area contributed by atoms with E-state index in [1.807, 2.05) is 48.5 Å². The molecule has 1 heterocycles. The summed E-state index contributed by atoms with van der Waals surface area (Å²) in [5.41, 5.74) is 4.33. The van der Waals surface area contributed by atoms with Crippen LogP contribution in [-0.4, -0.2) is 53.7 Å². The Morgan fingerprint density at radius 1 is 1.09 bits per heavy atom. The van der Waals surface area contributed by atoms with Gasteiger partial charge in [-0.15, -0.1) is 0 Å². The molecule has 0 bridgehead atoms. The zero-order valence-electron chi connectivity index (χ0n) is 19.5. The van der Waals surface area contributed by atoms with E-state index in [2.05, 4.69) is 16.0 Å². The number of ether oxygens (including phenoxy) is 1. The Hall–Kier alpha value is -3.88. The molecule has 2 aliphatic rings. The highest BCUT2D eigenvalue weighted by Crippen LogP contribution is 2.44. The van der Waals surface area contributed by atoms with Crippen LogP contribution in [0.4, 0.5) is 4.79 Å². The van der Waals surface area contributed by atoms with E-state index in [0.29, 0.717) is 6.42 Å². The van der Waals surface area contributed by atoms with Crippen molar-refractivity contribution in [1.82, 2.24) is 16.0 Å². The minimum absolute atomic E-state index is 0.0813. The molecule has 2 aromatic rings. The molecule has 2 aromatic carbocycles. The van der Waals surface area contributed by atoms with Crippen LogP contribution in [0.15, 0.2) is 48.5 Å². The van der Waals surface area contributed by atoms with Gasteiger partial charge in [-0.3, -0.25) is 14.4 Å². The van der Waals surface area contributed by atoms with Gasteiger partial charge in [0.1, 0.15) is 12.6 Å². The largest absolute Gasteiger partial charge is 0.481 e. The van der Waals surface area contributed by atoms with Gasteiger partial charge in [-0.1, -0.05) is 48.5 Å². The number of hydrogen-bond acceptors (Lipinski definition) is 5. The van der Waals surface area contributed by atoms with Crippen LogP contribution in [0.25, 0.3) is 11.1 Å². The molecule has 35 heavy (non-hydrogen) atoms. The fourth-order valence-corrected chi connectivity index (χ4v) is 4.76. The Morgan fingerprint density at radius 2 is 1.71 bits per heavy atom. The number of benzene rings is 2. The minimum Gasteiger partial charge on any atom is -0.481 e. The Bertz CT molecular complexity index is 1090. The molecule has 0 radical (unpaired) electrons. The summed E-state index contributed by atoms with van der Waals surface area (Å²) >= 11 is 0. The van der Waals surface area contributed by atoms with Crippen molar-refractivity contribution < 1.29 is 29.0 Å². The van der Waals surface area contributed by atoms with Gasteiger partial charge < -0.3 is 25.8 Å². The molecule has 1 saturated heterocycles. The lowest BCUT2D eigenvalue weighted by Gasteiger charge is -2.31. The quantitative estimate of drug-likeness (QED) is 0.460. The van der Waals surface area contributed by atoms with Gasteiger partial charge in [-0.25, -0.2) is 4.79 Å². The van der Waals surface area contributed by atoms with Crippen molar-refractivity contribution >= 4 is 23.9 Å². The number of amides is 3. The lowest BCUT2D eigenvalue weighted by molar-refractivity contribution is -0.137. The number of piperidine rings is 1. The molecule has 4 N–H and O–H groups in total. The van der Waals surface area contributed by atoms with E-state index >= 15 is 0 Å². The van der Waals surface area contributed by atoms with Crippen LogP contribution in [0.2, 0.25) is 0 Å². The fraction of sp³-hybridized carbons (Fsp3) is 0.385. The third-order valence-electron chi connectivity index (χ3n) is 6.60. The van der Waals surface area contributed by atoms with Crippen molar-refractivity contribution in [3.05, 3.63) is 59.7 Å². The van der Waals surface area contributed by atoms with Gasteiger partial charge in [0.25, 0.3) is 0 Å². The number of carbonyl (C=O) groups excluding carboxylic acids is 3. The second kappa shape index (κ2) is 10.6. The first kappa shape index (κ1) is 24.3. The number of alkyl carbamates (subject to hydrolysis) is 1. The third-order valence-corrected chi connectivity index (χ3v) is 6.60. The minimum atomic E-state index is -1.08. The molecule has 0 saturated carbocycles. The molecule has 9 nitrogen and oxygen atoms in total. The number of aliphatic carboxylic acids is 1. The number of carboxylic acids is 1. The van der Waals surface area contributed by atoms with E-state index in [1.54, 1.807) is 6.92 Å². The summed E-state index contributed by atoms with van der Waals surface area (Å²) in [5.74, 6) is -1.79. The van der Waals surface area contributed by atoms with Gasteiger partial charge in [0.15, 0.2) is 0 Å². The Morgan fingerprint density at radius 3 is 2.31 bits per heavy atom. The molecule has 0 aromatic heterocycles. The van der Waals surface area contributed by atoms with E-state index in [-0.39, 0.29) is 49.8 Å². The maximum atomic E-state index is 12.9. The highest BCUT2D eigenvalue weighted by atomic mass is 16.5. The second-order valence-electron chi connectivity index (χ2n) is 8.96. The lowest BCUT2D eigenvalue weighted by atomic mass is 9.98. The van der Waals surface area contributed by atoms with Gasteiger partial charge in [-0.2, -0.15) is 0 Å². The maximum absolute atomic E-state index is 12.9. The second-order valence-corrected chi connectivity index (χ2v) is 8.96. The van der Waals surface area contributed by atoms with Crippen molar-refractivity contribution in [2.75, 3.05) is 6.61 Å². The molecule has 1 aliphatic heterocycles. The number of carboxylic acid groups (broad SMARTS) is 1. The smallest absolute Gasteiger partial charge is 0.407 e. The third kappa shape index (κ3) is 5.62. The van der Waals surface area contributed by atoms with Crippen LogP contribution in [-0.2, 0) is 19.1 Å². The van der Waals surface area contributed by atoms with Gasteiger partial charge in [-0.05, 0) is 42.0 Å². The average molecular weight is 480 g/mol. The van der Waals surface area contributed by atoms with Crippen LogP contribution in [0.3, 0.4) is 0 Å². The molecule has 3 amide bonds. The maximum Gasteiger partial charge on any atom is 0.407 e. The molecule has 4 rings (SSSR count). The summed E-state index contributed by atoms with van der Waals surface area (Å²) in [6.07, 6.45) is -0.413. The summed E-state index contributed by atoms with van der Waals surface area (Å²) in [6.45, 7) is 1.87. The normalized spacial score (nSPS) is 19.6. The van der Waals surface area contributed by atoms with Crippen molar-refractivity contribution in [2.24, 2.45) is 0 Å². The summed E-state index contributed by atoms with van der Waals surface area (Å²) in [5, 5.41) is 17.2. The van der Waals surface area contributed by atoms with Gasteiger partial charge in [0.05, 0.1) is 0 Å². The first-order valence-corrected chi connectivity index (χ1v) is 11.8. The topological polar surface area (TPSA) is 134 Å². The van der Waals surface area contributed by atoms with Crippen LogP contribution < -0.4 is 16.0 Å². The molecule has 3 atom stereocenters. The highest BCUT2D eigenvalue weighted by Gasteiger charge is 2.32. The molecule has 184 valence electrons. The highest BCUT2D eigenvalue weighted by molar-refractivity contribution is 5.87.